The standard InChI is InChI=1S/C18H26N2O3/c1-18-10-6-12-20(16(18)9-5-11-19-18)17(21)13-23-15-8-4-3-7-14(15)22-2/h3-4,7-8,16,19H,5-6,9-13H2,1-2H3/t16-,18+/m1/s1. The van der Waals surface area contributed by atoms with Crippen LogP contribution in [0.3, 0.4) is 0 Å². The fraction of sp³-hybridized carbons (Fsp3) is 0.611. The number of benzene rings is 1. The molecule has 1 N–H and O–H groups in total. The predicted molar refractivity (Wildman–Crippen MR) is 88.9 cm³/mol. The zero-order valence-corrected chi connectivity index (χ0v) is 14.0. The van der Waals surface area contributed by atoms with E-state index in [9.17, 15) is 4.79 Å². The number of carbonyl (C=O) groups excluding carboxylic acids is 1. The molecule has 0 bridgehead atoms. The third-order valence-corrected chi connectivity index (χ3v) is 5.13. The number of para-hydroxylation sites is 2. The molecule has 126 valence electrons. The Morgan fingerprint density at radius 2 is 2.13 bits per heavy atom. The lowest BCUT2D eigenvalue weighted by Crippen LogP contribution is -2.66. The van der Waals surface area contributed by atoms with Crippen molar-refractivity contribution < 1.29 is 14.3 Å². The monoisotopic (exact) mass is 318 g/mol. The summed E-state index contributed by atoms with van der Waals surface area (Å²) in [6.45, 7) is 4.19. The Labute approximate surface area is 137 Å². The van der Waals surface area contributed by atoms with Gasteiger partial charge in [0, 0.05) is 18.1 Å². The van der Waals surface area contributed by atoms with E-state index in [-0.39, 0.29) is 24.1 Å². The minimum atomic E-state index is 0.0522. The van der Waals surface area contributed by atoms with Gasteiger partial charge in [-0.1, -0.05) is 12.1 Å². The van der Waals surface area contributed by atoms with Crippen LogP contribution in [0.25, 0.3) is 0 Å². The molecule has 23 heavy (non-hydrogen) atoms. The highest BCUT2D eigenvalue weighted by atomic mass is 16.5. The van der Waals surface area contributed by atoms with Crippen LogP contribution in [0, 0.1) is 0 Å². The van der Waals surface area contributed by atoms with Crippen molar-refractivity contribution >= 4 is 5.91 Å². The summed E-state index contributed by atoms with van der Waals surface area (Å²) >= 11 is 0. The summed E-state index contributed by atoms with van der Waals surface area (Å²) in [5.74, 6) is 1.34. The van der Waals surface area contributed by atoms with Crippen LogP contribution in [0.1, 0.15) is 32.6 Å². The summed E-state index contributed by atoms with van der Waals surface area (Å²) in [4.78, 5) is 14.7. The van der Waals surface area contributed by atoms with Gasteiger partial charge in [0.2, 0.25) is 0 Å². The number of nitrogens with zero attached hydrogens (tertiary/aromatic N) is 1. The maximum absolute atomic E-state index is 12.7. The van der Waals surface area contributed by atoms with E-state index in [0.29, 0.717) is 11.5 Å². The normalized spacial score (nSPS) is 27.2. The van der Waals surface area contributed by atoms with Crippen molar-refractivity contribution in [2.75, 3.05) is 26.8 Å². The van der Waals surface area contributed by atoms with Gasteiger partial charge >= 0.3 is 0 Å². The second-order valence-corrected chi connectivity index (χ2v) is 6.63. The van der Waals surface area contributed by atoms with Crippen molar-refractivity contribution in [1.82, 2.24) is 10.2 Å². The van der Waals surface area contributed by atoms with E-state index in [1.165, 1.54) is 0 Å². The zero-order chi connectivity index (χ0) is 16.3. The molecule has 0 aliphatic carbocycles. The first-order valence-corrected chi connectivity index (χ1v) is 8.44. The first-order valence-electron chi connectivity index (χ1n) is 8.44. The van der Waals surface area contributed by atoms with Gasteiger partial charge in [0.15, 0.2) is 18.1 Å². The fourth-order valence-corrected chi connectivity index (χ4v) is 3.89. The summed E-state index contributed by atoms with van der Waals surface area (Å²) in [6, 6.07) is 7.71. The lowest BCUT2D eigenvalue weighted by molar-refractivity contribution is -0.140. The largest absolute Gasteiger partial charge is 0.493 e. The lowest BCUT2D eigenvalue weighted by atomic mass is 9.78. The number of fused-ring (bicyclic) bond motifs is 1. The number of ether oxygens (including phenoxy) is 2. The molecule has 2 heterocycles. The summed E-state index contributed by atoms with van der Waals surface area (Å²) < 4.78 is 11.0. The lowest BCUT2D eigenvalue weighted by Gasteiger charge is -2.51. The fourth-order valence-electron chi connectivity index (χ4n) is 3.89. The van der Waals surface area contributed by atoms with Gasteiger partial charge in [0.05, 0.1) is 7.11 Å². The Morgan fingerprint density at radius 1 is 1.35 bits per heavy atom. The van der Waals surface area contributed by atoms with E-state index in [4.69, 9.17) is 9.47 Å². The molecule has 2 aliphatic rings. The van der Waals surface area contributed by atoms with Gasteiger partial charge in [-0.3, -0.25) is 4.79 Å². The van der Waals surface area contributed by atoms with Crippen molar-refractivity contribution in [1.29, 1.82) is 0 Å². The minimum Gasteiger partial charge on any atom is -0.493 e. The SMILES string of the molecule is COc1ccccc1OCC(=O)N1CCC[C@]2(C)NCCC[C@@H]12. The van der Waals surface area contributed by atoms with Crippen LogP contribution >= 0.6 is 0 Å². The number of nitrogens with one attached hydrogen (secondary N) is 1. The number of amides is 1. The number of piperidine rings is 2. The quantitative estimate of drug-likeness (QED) is 0.925. The molecule has 2 aliphatic heterocycles. The van der Waals surface area contributed by atoms with E-state index < -0.39 is 0 Å². The van der Waals surface area contributed by atoms with Gasteiger partial charge in [0.25, 0.3) is 5.91 Å². The van der Waals surface area contributed by atoms with Crippen LogP contribution < -0.4 is 14.8 Å². The Bertz CT molecular complexity index is 559. The molecular formula is C18H26N2O3. The average molecular weight is 318 g/mol. The molecule has 0 unspecified atom stereocenters. The van der Waals surface area contributed by atoms with E-state index in [1.54, 1.807) is 7.11 Å². The number of carbonyl (C=O) groups is 1. The summed E-state index contributed by atoms with van der Waals surface area (Å²) in [7, 11) is 1.60. The van der Waals surface area contributed by atoms with Gasteiger partial charge in [-0.05, 0) is 51.3 Å². The van der Waals surface area contributed by atoms with Crippen LogP contribution in [0.15, 0.2) is 24.3 Å². The van der Waals surface area contributed by atoms with Crippen LogP contribution in [0.4, 0.5) is 0 Å². The van der Waals surface area contributed by atoms with Crippen molar-refractivity contribution in [2.24, 2.45) is 0 Å². The zero-order valence-electron chi connectivity index (χ0n) is 14.0. The van der Waals surface area contributed by atoms with Crippen LogP contribution in [-0.4, -0.2) is 49.2 Å². The highest BCUT2D eigenvalue weighted by Gasteiger charge is 2.44. The summed E-state index contributed by atoms with van der Waals surface area (Å²) in [5, 5.41) is 3.62. The van der Waals surface area contributed by atoms with Crippen LogP contribution in [0.2, 0.25) is 0 Å². The average Bonchev–Trinajstić information content (AvgIpc) is 2.58. The molecule has 2 atom stereocenters. The molecule has 5 heteroatoms. The van der Waals surface area contributed by atoms with Crippen molar-refractivity contribution in [3.8, 4) is 11.5 Å². The smallest absolute Gasteiger partial charge is 0.260 e. The van der Waals surface area contributed by atoms with Crippen molar-refractivity contribution in [3.05, 3.63) is 24.3 Å². The van der Waals surface area contributed by atoms with E-state index in [1.807, 2.05) is 29.2 Å². The Balaban J connectivity index is 1.65. The van der Waals surface area contributed by atoms with Gasteiger partial charge in [-0.2, -0.15) is 0 Å². The molecule has 0 radical (unpaired) electrons. The Kier molecular flexibility index (Phi) is 4.76. The third-order valence-electron chi connectivity index (χ3n) is 5.13. The van der Waals surface area contributed by atoms with Gasteiger partial charge in [-0.25, -0.2) is 0 Å². The highest BCUT2D eigenvalue weighted by Crippen LogP contribution is 2.33. The first kappa shape index (κ1) is 16.1. The molecule has 0 spiro atoms. The van der Waals surface area contributed by atoms with E-state index >= 15 is 0 Å². The van der Waals surface area contributed by atoms with Gasteiger partial charge < -0.3 is 19.7 Å². The van der Waals surface area contributed by atoms with Crippen molar-refractivity contribution in [3.63, 3.8) is 0 Å². The minimum absolute atomic E-state index is 0.0522. The number of likely N-dealkylation sites (tertiary alicyclic amines) is 1. The molecule has 2 saturated heterocycles. The molecule has 1 aromatic carbocycles. The third kappa shape index (κ3) is 3.29. The second kappa shape index (κ2) is 6.79. The highest BCUT2D eigenvalue weighted by molar-refractivity contribution is 5.78. The van der Waals surface area contributed by atoms with Crippen molar-refractivity contribution in [2.45, 2.75) is 44.2 Å². The summed E-state index contributed by atoms with van der Waals surface area (Å²) in [5.41, 5.74) is 0.0522. The second-order valence-electron chi connectivity index (χ2n) is 6.63. The molecule has 1 aromatic rings. The predicted octanol–water partition coefficient (Wildman–Crippen LogP) is 2.21. The molecule has 0 aromatic heterocycles. The first-order chi connectivity index (χ1) is 11.1. The number of hydrogen-bond acceptors (Lipinski definition) is 4. The molecule has 2 fully saturated rings. The number of hydrogen-bond donors (Lipinski definition) is 1. The molecular weight excluding hydrogens is 292 g/mol. The Morgan fingerprint density at radius 3 is 2.91 bits per heavy atom. The molecule has 3 rings (SSSR count). The van der Waals surface area contributed by atoms with E-state index in [0.717, 1.165) is 38.8 Å². The molecule has 5 nitrogen and oxygen atoms in total. The maximum atomic E-state index is 12.7. The maximum Gasteiger partial charge on any atom is 0.260 e. The van der Waals surface area contributed by atoms with Gasteiger partial charge in [-0.15, -0.1) is 0 Å². The molecule has 0 saturated carbocycles. The van der Waals surface area contributed by atoms with Crippen LogP contribution in [-0.2, 0) is 4.79 Å². The topological polar surface area (TPSA) is 50.8 Å². The van der Waals surface area contributed by atoms with E-state index in [2.05, 4.69) is 12.2 Å². The van der Waals surface area contributed by atoms with Crippen LogP contribution in [0.5, 0.6) is 11.5 Å². The number of rotatable bonds is 4. The molecule has 1 amide bonds. The Hall–Kier alpha value is -1.75. The number of methoxy groups -OCH3 is 1. The summed E-state index contributed by atoms with van der Waals surface area (Å²) in [6.07, 6.45) is 4.37. The van der Waals surface area contributed by atoms with Gasteiger partial charge in [0.1, 0.15) is 0 Å².